The van der Waals surface area contributed by atoms with Gasteiger partial charge in [-0.3, -0.25) is 9.59 Å². The lowest BCUT2D eigenvalue weighted by Gasteiger charge is -2.38. The van der Waals surface area contributed by atoms with Crippen molar-refractivity contribution in [2.75, 3.05) is 6.61 Å². The number of fused-ring (bicyclic) bond motifs is 2. The Morgan fingerprint density at radius 1 is 0.847 bits per heavy atom. The number of carbonyl (C=O) groups excluding carboxylic acids is 2. The smallest absolute Gasteiger partial charge is 0.254 e. The van der Waals surface area contributed by atoms with Gasteiger partial charge in [0.05, 0.1) is 21.7 Å². The van der Waals surface area contributed by atoms with E-state index < -0.39 is 18.0 Å². The Labute approximate surface area is 351 Å². The first kappa shape index (κ1) is 39.5. The number of nitrogens with one attached hydrogen (secondary N) is 1. The molecule has 59 heavy (non-hydrogen) atoms. The number of nitrogens with zero attached hydrogens (tertiary/aromatic N) is 2. The van der Waals surface area contributed by atoms with Crippen LogP contribution in [0.3, 0.4) is 0 Å². The third kappa shape index (κ3) is 9.05. The topological polar surface area (TPSA) is 101 Å². The lowest BCUT2D eigenvalue weighted by Crippen LogP contribution is -2.54. The maximum Gasteiger partial charge on any atom is 0.254 e. The molecule has 2 amide bonds. The molecular formula is C48H38Cl2FN3O5. The van der Waals surface area contributed by atoms with Gasteiger partial charge in [0.25, 0.3) is 5.91 Å². The van der Waals surface area contributed by atoms with Gasteiger partial charge in [-0.1, -0.05) is 77.8 Å². The molecule has 1 N–H and O–H groups in total. The zero-order valence-electron chi connectivity index (χ0n) is 32.0. The molecule has 6 aromatic carbocycles. The zero-order valence-corrected chi connectivity index (χ0v) is 33.5. The zero-order chi connectivity index (χ0) is 41.0. The minimum atomic E-state index is -0.825. The summed E-state index contributed by atoms with van der Waals surface area (Å²) in [6.45, 7) is 2.68. The number of ether oxygens (including phenoxy) is 3. The molecule has 8 rings (SSSR count). The number of hydrogen-bond acceptors (Lipinski definition) is 6. The van der Waals surface area contributed by atoms with Crippen molar-refractivity contribution in [2.45, 2.75) is 51.1 Å². The van der Waals surface area contributed by atoms with E-state index in [1.807, 2.05) is 85.8 Å². The Balaban J connectivity index is 0.957. The van der Waals surface area contributed by atoms with E-state index in [9.17, 15) is 14.0 Å². The van der Waals surface area contributed by atoms with Crippen LogP contribution in [0.1, 0.15) is 56.8 Å². The Morgan fingerprint density at radius 3 is 2.22 bits per heavy atom. The van der Waals surface area contributed by atoms with Gasteiger partial charge in [0, 0.05) is 24.6 Å². The van der Waals surface area contributed by atoms with E-state index in [1.165, 1.54) is 24.3 Å². The fourth-order valence-corrected chi connectivity index (χ4v) is 7.73. The molecular weight excluding hydrogens is 788 g/mol. The van der Waals surface area contributed by atoms with E-state index in [0.29, 0.717) is 45.9 Å². The highest BCUT2D eigenvalue weighted by Gasteiger charge is 2.37. The molecule has 3 atom stereocenters. The molecule has 2 aliphatic rings. The van der Waals surface area contributed by atoms with Gasteiger partial charge in [-0.2, -0.15) is 5.26 Å². The number of rotatable bonds is 10. The van der Waals surface area contributed by atoms with Crippen LogP contribution in [0.4, 0.5) is 4.39 Å². The summed E-state index contributed by atoms with van der Waals surface area (Å²) in [5.41, 5.74) is 7.46. The third-order valence-electron chi connectivity index (χ3n) is 10.6. The van der Waals surface area contributed by atoms with E-state index in [0.717, 1.165) is 38.9 Å². The Morgan fingerprint density at radius 2 is 1.53 bits per heavy atom. The summed E-state index contributed by atoms with van der Waals surface area (Å²) in [4.78, 5) is 29.7. The van der Waals surface area contributed by atoms with Crippen molar-refractivity contribution in [1.29, 1.82) is 5.26 Å². The van der Waals surface area contributed by atoms with Crippen LogP contribution in [0.2, 0.25) is 10.0 Å². The summed E-state index contributed by atoms with van der Waals surface area (Å²) < 4.78 is 32.5. The molecule has 6 aromatic rings. The van der Waals surface area contributed by atoms with Crippen LogP contribution in [0, 0.1) is 17.1 Å². The quantitative estimate of drug-likeness (QED) is 0.148. The van der Waals surface area contributed by atoms with Crippen LogP contribution < -0.4 is 19.5 Å². The largest absolute Gasteiger partial charge is 0.489 e. The molecule has 0 fully saturated rings. The van der Waals surface area contributed by atoms with Gasteiger partial charge in [0.1, 0.15) is 30.8 Å². The molecule has 0 aliphatic carbocycles. The fourth-order valence-electron chi connectivity index (χ4n) is 7.41. The van der Waals surface area contributed by atoms with Crippen molar-refractivity contribution >= 4 is 35.0 Å². The first-order chi connectivity index (χ1) is 28.6. The maximum absolute atomic E-state index is 14.1. The number of amides is 2. The van der Waals surface area contributed by atoms with Gasteiger partial charge >= 0.3 is 0 Å². The second kappa shape index (κ2) is 17.3. The highest BCUT2D eigenvalue weighted by atomic mass is 35.5. The van der Waals surface area contributed by atoms with Gasteiger partial charge in [-0.05, 0) is 125 Å². The van der Waals surface area contributed by atoms with E-state index in [-0.39, 0.29) is 43.0 Å². The molecule has 0 radical (unpaired) electrons. The summed E-state index contributed by atoms with van der Waals surface area (Å²) in [6.07, 6.45) is 0.435. The molecule has 296 valence electrons. The van der Waals surface area contributed by atoms with Crippen LogP contribution in [0.5, 0.6) is 17.2 Å². The molecule has 2 heterocycles. The number of nitriles is 1. The van der Waals surface area contributed by atoms with Crippen molar-refractivity contribution in [3.8, 4) is 34.4 Å². The first-order valence-electron chi connectivity index (χ1n) is 19.2. The lowest BCUT2D eigenvalue weighted by molar-refractivity contribution is -0.126. The van der Waals surface area contributed by atoms with Gasteiger partial charge < -0.3 is 24.4 Å². The van der Waals surface area contributed by atoms with Crippen molar-refractivity contribution in [2.24, 2.45) is 0 Å². The van der Waals surface area contributed by atoms with Gasteiger partial charge in [0.2, 0.25) is 5.91 Å². The van der Waals surface area contributed by atoms with Gasteiger partial charge in [-0.15, -0.1) is 0 Å². The molecule has 11 heteroatoms. The van der Waals surface area contributed by atoms with E-state index >= 15 is 0 Å². The van der Waals surface area contributed by atoms with Crippen molar-refractivity contribution in [1.82, 2.24) is 10.2 Å². The molecule has 0 saturated carbocycles. The summed E-state index contributed by atoms with van der Waals surface area (Å²) in [7, 11) is 0. The van der Waals surface area contributed by atoms with Crippen LogP contribution >= 0.6 is 23.2 Å². The molecule has 8 nitrogen and oxygen atoms in total. The summed E-state index contributed by atoms with van der Waals surface area (Å²) in [5.74, 6) is 0.665. The number of hydrogen-bond donors (Lipinski definition) is 1. The lowest BCUT2D eigenvalue weighted by atomic mass is 9.91. The highest BCUT2D eigenvalue weighted by molar-refractivity contribution is 6.42. The summed E-state index contributed by atoms with van der Waals surface area (Å²) in [5, 5.41) is 13.2. The Hall–Kier alpha value is -6.34. The van der Waals surface area contributed by atoms with Crippen LogP contribution in [-0.4, -0.2) is 35.4 Å². The second-order valence-electron chi connectivity index (χ2n) is 14.8. The average molecular weight is 827 g/mol. The van der Waals surface area contributed by atoms with E-state index in [1.54, 1.807) is 29.2 Å². The van der Waals surface area contributed by atoms with Crippen LogP contribution in [-0.2, 0) is 30.8 Å². The third-order valence-corrected chi connectivity index (χ3v) is 11.3. The molecule has 3 unspecified atom stereocenters. The monoisotopic (exact) mass is 825 g/mol. The average Bonchev–Trinajstić information content (AvgIpc) is 3.26. The predicted molar refractivity (Wildman–Crippen MR) is 224 cm³/mol. The predicted octanol–water partition coefficient (Wildman–Crippen LogP) is 10.1. The molecule has 0 bridgehead atoms. The van der Waals surface area contributed by atoms with Crippen LogP contribution in [0.15, 0.2) is 127 Å². The van der Waals surface area contributed by atoms with Crippen LogP contribution in [0.25, 0.3) is 11.1 Å². The van der Waals surface area contributed by atoms with Crippen molar-refractivity contribution in [3.63, 3.8) is 0 Å². The molecule has 0 saturated heterocycles. The number of halogens is 3. The van der Waals surface area contributed by atoms with Gasteiger partial charge in [-0.25, -0.2) is 4.39 Å². The van der Waals surface area contributed by atoms with E-state index in [2.05, 4.69) is 11.4 Å². The molecule has 0 aromatic heterocycles. The molecule has 2 aliphatic heterocycles. The normalized spacial score (nSPS) is 16.0. The maximum atomic E-state index is 14.1. The summed E-state index contributed by atoms with van der Waals surface area (Å²) in [6, 6.07) is 38.7. The number of carbonyl (C=O) groups is 2. The standard InChI is InChI=1S/C48H38Cl2FN3O5/c1-29(20-30-2-7-33(8-3-30)34-9-4-31(25-52)5-10-34)53-47(55)43-22-37-23-44-45(24-38(37)26-54(43)48(56)36-11-15-39(51)16-12-36)59-46(28-58-44)35-13-17-40(18-14-35)57-27-32-6-19-41(49)42(50)21-32/h2-19,21,23-24,29,43,46H,20,22,26-28H2,1H3,(H,53,55). The van der Waals surface area contributed by atoms with Crippen molar-refractivity contribution in [3.05, 3.63) is 182 Å². The first-order valence-corrected chi connectivity index (χ1v) is 19.9. The fraction of sp³-hybridized carbons (Fsp3) is 0.188. The van der Waals surface area contributed by atoms with Crippen molar-refractivity contribution < 1.29 is 28.2 Å². The van der Waals surface area contributed by atoms with E-state index in [4.69, 9.17) is 42.7 Å². The second-order valence-corrected chi connectivity index (χ2v) is 15.6. The minimum absolute atomic E-state index is 0.140. The molecule has 0 spiro atoms. The van der Waals surface area contributed by atoms with Gasteiger partial charge in [0.15, 0.2) is 17.6 Å². The number of benzene rings is 6. The minimum Gasteiger partial charge on any atom is -0.489 e. The SMILES string of the molecule is CC(Cc1ccc(-c2ccc(C#N)cc2)cc1)NC(=O)C1Cc2cc3c(cc2CN1C(=O)c1ccc(F)cc1)OC(c1ccc(OCc2ccc(Cl)c(Cl)c2)cc1)CO3. The Bertz CT molecular complexity index is 2540. The summed E-state index contributed by atoms with van der Waals surface area (Å²) >= 11 is 12.2. The Kier molecular flexibility index (Phi) is 11.5. The highest BCUT2D eigenvalue weighted by Crippen LogP contribution is 2.41.